The van der Waals surface area contributed by atoms with Crippen molar-refractivity contribution in [3.63, 3.8) is 0 Å². The number of hydrogen-bond donors (Lipinski definition) is 3. The summed E-state index contributed by atoms with van der Waals surface area (Å²) in [6.07, 6.45) is 6.36. The smallest absolute Gasteiger partial charge is 0.326 e. The summed E-state index contributed by atoms with van der Waals surface area (Å²) in [5.41, 5.74) is 5.47. The number of H-pyrrole nitrogens is 1. The van der Waals surface area contributed by atoms with Gasteiger partial charge in [-0.1, -0.05) is 0 Å². The highest BCUT2D eigenvalue weighted by Gasteiger charge is 2.11. The second-order valence-corrected chi connectivity index (χ2v) is 6.04. The van der Waals surface area contributed by atoms with Gasteiger partial charge in [-0.3, -0.25) is 14.5 Å². The maximum atomic E-state index is 11.9. The van der Waals surface area contributed by atoms with E-state index in [1.165, 1.54) is 10.8 Å². The number of aromatic amines is 1. The van der Waals surface area contributed by atoms with Crippen molar-refractivity contribution >= 4 is 33.9 Å². The van der Waals surface area contributed by atoms with Gasteiger partial charge in [0.05, 0.1) is 34.1 Å². The third kappa shape index (κ3) is 2.77. The fourth-order valence-corrected chi connectivity index (χ4v) is 2.96. The number of aromatic nitrogens is 5. The first kappa shape index (κ1) is 16.6. The Balaban J connectivity index is 1.83. The van der Waals surface area contributed by atoms with Crippen molar-refractivity contribution in [3.05, 3.63) is 59.0 Å². The van der Waals surface area contributed by atoms with Crippen molar-refractivity contribution in [1.82, 2.24) is 29.8 Å². The van der Waals surface area contributed by atoms with E-state index in [0.29, 0.717) is 33.3 Å². The molecule has 8 heteroatoms. The molecule has 0 aliphatic heterocycles. The molecule has 4 aromatic heterocycles. The van der Waals surface area contributed by atoms with E-state index in [1.807, 2.05) is 24.3 Å². The van der Waals surface area contributed by atoms with Crippen LogP contribution in [0.3, 0.4) is 0 Å². The van der Waals surface area contributed by atoms with Gasteiger partial charge in [0.25, 0.3) is 0 Å². The minimum absolute atomic E-state index is 0.201. The zero-order valence-corrected chi connectivity index (χ0v) is 14.8. The molecule has 8 nitrogen and oxygen atoms in total. The Morgan fingerprint density at radius 1 is 1.22 bits per heavy atom. The fourth-order valence-electron chi connectivity index (χ4n) is 2.96. The monoisotopic (exact) mass is 359 g/mol. The quantitative estimate of drug-likeness (QED) is 0.483. The van der Waals surface area contributed by atoms with Gasteiger partial charge in [-0.25, -0.2) is 9.78 Å². The number of allylic oxidation sites excluding steroid dienone is 1. The molecule has 0 radical (unpaired) electrons. The summed E-state index contributed by atoms with van der Waals surface area (Å²) in [7, 11) is 3.47. The summed E-state index contributed by atoms with van der Waals surface area (Å²) in [4.78, 5) is 28.3. The molecule has 0 unspecified atom stereocenters. The van der Waals surface area contributed by atoms with Crippen LogP contribution in [0.4, 0.5) is 0 Å². The molecule has 134 valence electrons. The summed E-state index contributed by atoms with van der Waals surface area (Å²) in [5.74, 6) is 0. The van der Waals surface area contributed by atoms with Gasteiger partial charge in [0.15, 0.2) is 0 Å². The molecule has 27 heavy (non-hydrogen) atoms. The average Bonchev–Trinajstić information content (AvgIpc) is 3.00. The topological polar surface area (TPSA) is 112 Å². The lowest BCUT2D eigenvalue weighted by atomic mass is 10.1. The molecule has 0 saturated heterocycles. The molecule has 4 heterocycles. The van der Waals surface area contributed by atoms with Gasteiger partial charge in [-0.2, -0.15) is 0 Å². The highest BCUT2D eigenvalue weighted by molar-refractivity contribution is 6.07. The second-order valence-electron chi connectivity index (χ2n) is 6.04. The van der Waals surface area contributed by atoms with Crippen LogP contribution in [0.5, 0.6) is 0 Å². The van der Waals surface area contributed by atoms with Gasteiger partial charge in [0.2, 0.25) is 0 Å². The predicted octanol–water partition coefficient (Wildman–Crippen LogP) is 2.08. The lowest BCUT2D eigenvalue weighted by Gasteiger charge is -2.06. The summed E-state index contributed by atoms with van der Waals surface area (Å²) >= 11 is 0. The number of imidazole rings is 1. The summed E-state index contributed by atoms with van der Waals surface area (Å²) < 4.78 is 1.51. The first-order valence-corrected chi connectivity index (χ1v) is 8.31. The molecule has 0 spiro atoms. The van der Waals surface area contributed by atoms with Gasteiger partial charge < -0.3 is 15.7 Å². The SMILES string of the molecule is CN/C=C(\C=N)c1ccc(-c2ccc3ncc4c([nH]c(=O)n4C)c3n2)cn1. The maximum absolute atomic E-state index is 11.9. The Labute approximate surface area is 154 Å². The van der Waals surface area contributed by atoms with Crippen LogP contribution in [0.1, 0.15) is 5.69 Å². The normalized spacial score (nSPS) is 11.9. The lowest BCUT2D eigenvalue weighted by molar-refractivity contribution is 0.890. The average molecular weight is 359 g/mol. The van der Waals surface area contributed by atoms with Crippen molar-refractivity contribution < 1.29 is 0 Å². The van der Waals surface area contributed by atoms with Crippen LogP contribution in [0.25, 0.3) is 38.9 Å². The summed E-state index contributed by atoms with van der Waals surface area (Å²) in [6.45, 7) is 0. The number of hydrogen-bond acceptors (Lipinski definition) is 6. The molecule has 0 aliphatic rings. The largest absolute Gasteiger partial charge is 0.393 e. The number of fused-ring (bicyclic) bond motifs is 3. The fraction of sp³-hybridized carbons (Fsp3) is 0.105. The van der Waals surface area contributed by atoms with Crippen molar-refractivity contribution in [2.75, 3.05) is 7.05 Å². The molecular formula is C19H17N7O. The molecule has 0 aliphatic carbocycles. The molecule has 4 rings (SSSR count). The summed E-state index contributed by atoms with van der Waals surface area (Å²) in [5, 5.41) is 10.4. The van der Waals surface area contributed by atoms with Crippen LogP contribution < -0.4 is 11.0 Å². The van der Waals surface area contributed by atoms with Gasteiger partial charge in [0, 0.05) is 43.8 Å². The van der Waals surface area contributed by atoms with Crippen LogP contribution in [0, 0.1) is 5.41 Å². The molecule has 0 saturated carbocycles. The van der Waals surface area contributed by atoms with Crippen molar-refractivity contribution in [2.24, 2.45) is 7.05 Å². The van der Waals surface area contributed by atoms with E-state index in [1.54, 1.807) is 32.7 Å². The highest BCUT2D eigenvalue weighted by atomic mass is 16.1. The standard InChI is InChI=1S/C19H17N7O/c1-21-8-12(7-20)13-4-3-11(9-22-13)14-5-6-15-17(24-14)18-16(10-23-15)26(2)19(27)25-18/h3-10,20-21H,1-2H3,(H,25,27)/b12-8+,20-7?. The third-order valence-electron chi connectivity index (χ3n) is 4.40. The van der Waals surface area contributed by atoms with Crippen LogP contribution in [-0.4, -0.2) is 37.8 Å². The van der Waals surface area contributed by atoms with Crippen LogP contribution in [0.15, 0.2) is 47.7 Å². The molecule has 0 atom stereocenters. The number of aryl methyl sites for hydroxylation is 1. The minimum atomic E-state index is -0.201. The maximum Gasteiger partial charge on any atom is 0.326 e. The van der Waals surface area contributed by atoms with E-state index >= 15 is 0 Å². The molecule has 0 aromatic carbocycles. The van der Waals surface area contributed by atoms with Gasteiger partial charge in [-0.15, -0.1) is 0 Å². The predicted molar refractivity (Wildman–Crippen MR) is 106 cm³/mol. The van der Waals surface area contributed by atoms with Gasteiger partial charge in [0.1, 0.15) is 5.52 Å². The first-order chi connectivity index (χ1) is 13.1. The Hall–Kier alpha value is -3.81. The molecule has 3 N–H and O–H groups in total. The lowest BCUT2D eigenvalue weighted by Crippen LogP contribution is -2.11. The third-order valence-corrected chi connectivity index (χ3v) is 4.40. The molecular weight excluding hydrogens is 342 g/mol. The molecule has 0 amide bonds. The molecule has 0 fully saturated rings. The van der Waals surface area contributed by atoms with Crippen LogP contribution >= 0.6 is 0 Å². The van der Waals surface area contributed by atoms with E-state index in [-0.39, 0.29) is 5.69 Å². The molecule has 0 bridgehead atoms. The summed E-state index contributed by atoms with van der Waals surface area (Å²) in [6, 6.07) is 7.50. The van der Waals surface area contributed by atoms with E-state index in [4.69, 9.17) is 10.4 Å². The van der Waals surface area contributed by atoms with Crippen molar-refractivity contribution in [3.8, 4) is 11.3 Å². The van der Waals surface area contributed by atoms with E-state index in [9.17, 15) is 4.79 Å². The van der Waals surface area contributed by atoms with E-state index in [2.05, 4.69) is 20.3 Å². The van der Waals surface area contributed by atoms with Crippen molar-refractivity contribution in [2.45, 2.75) is 0 Å². The van der Waals surface area contributed by atoms with Crippen LogP contribution in [0.2, 0.25) is 0 Å². The Morgan fingerprint density at radius 2 is 2.07 bits per heavy atom. The highest BCUT2D eigenvalue weighted by Crippen LogP contribution is 2.24. The number of pyridine rings is 3. The Bertz CT molecular complexity index is 1250. The van der Waals surface area contributed by atoms with Crippen LogP contribution in [-0.2, 0) is 7.05 Å². The van der Waals surface area contributed by atoms with E-state index in [0.717, 1.165) is 11.3 Å². The number of rotatable bonds is 4. The Kier molecular flexibility index (Phi) is 4.00. The zero-order valence-electron chi connectivity index (χ0n) is 14.8. The van der Waals surface area contributed by atoms with Gasteiger partial charge >= 0.3 is 5.69 Å². The zero-order chi connectivity index (χ0) is 19.0. The Morgan fingerprint density at radius 3 is 2.78 bits per heavy atom. The number of nitrogens with zero attached hydrogens (tertiary/aromatic N) is 4. The van der Waals surface area contributed by atoms with Gasteiger partial charge in [-0.05, 0) is 24.3 Å². The second kappa shape index (κ2) is 6.49. The molecule has 4 aromatic rings. The van der Waals surface area contributed by atoms with E-state index < -0.39 is 0 Å². The first-order valence-electron chi connectivity index (χ1n) is 8.31. The van der Waals surface area contributed by atoms with Crippen molar-refractivity contribution in [1.29, 1.82) is 5.41 Å². The number of nitrogens with one attached hydrogen (secondary N) is 3. The minimum Gasteiger partial charge on any atom is -0.393 e.